The zero-order valence-corrected chi connectivity index (χ0v) is 13.0. The molecule has 108 valence electrons. The van der Waals surface area contributed by atoms with Gasteiger partial charge in [0.1, 0.15) is 11.5 Å². The van der Waals surface area contributed by atoms with E-state index in [0.29, 0.717) is 5.41 Å². The predicted molar refractivity (Wildman–Crippen MR) is 79.0 cm³/mol. The van der Waals surface area contributed by atoms with Crippen molar-refractivity contribution in [2.24, 2.45) is 11.3 Å². The Labute approximate surface area is 117 Å². The highest BCUT2D eigenvalue weighted by Crippen LogP contribution is 2.34. The molecule has 2 heterocycles. The number of nitrogens with one attached hydrogen (secondary N) is 1. The van der Waals surface area contributed by atoms with E-state index in [4.69, 9.17) is 4.42 Å². The lowest BCUT2D eigenvalue weighted by atomic mass is 9.80. The first-order chi connectivity index (χ1) is 8.90. The van der Waals surface area contributed by atoms with Gasteiger partial charge in [0.15, 0.2) is 0 Å². The van der Waals surface area contributed by atoms with Crippen LogP contribution in [0.15, 0.2) is 10.5 Å². The molecule has 2 rings (SSSR count). The minimum absolute atomic E-state index is 0.428. The third kappa shape index (κ3) is 3.61. The molecule has 3 heteroatoms. The van der Waals surface area contributed by atoms with Crippen molar-refractivity contribution < 1.29 is 4.42 Å². The van der Waals surface area contributed by atoms with Crippen LogP contribution in [-0.4, -0.2) is 25.0 Å². The lowest BCUT2D eigenvalue weighted by Gasteiger charge is -2.27. The first-order valence-electron chi connectivity index (χ1n) is 7.35. The molecule has 0 aliphatic carbocycles. The molecule has 1 N–H and O–H groups in total. The normalized spacial score (nSPS) is 21.2. The number of furan rings is 1. The summed E-state index contributed by atoms with van der Waals surface area (Å²) in [6.45, 7) is 13.4. The van der Waals surface area contributed by atoms with Crippen LogP contribution in [0.3, 0.4) is 0 Å². The summed E-state index contributed by atoms with van der Waals surface area (Å²) in [6, 6.07) is 2.20. The van der Waals surface area contributed by atoms with Crippen molar-refractivity contribution in [1.29, 1.82) is 0 Å². The molecule has 0 saturated carbocycles. The average molecular weight is 264 g/mol. The van der Waals surface area contributed by atoms with Crippen molar-refractivity contribution in [2.45, 2.75) is 47.2 Å². The fraction of sp³-hybridized carbons (Fsp3) is 0.750. The SMILES string of the molecule is CNCc1cc(CN2CCC(C(C)(C)C)C2)c(C)o1. The summed E-state index contributed by atoms with van der Waals surface area (Å²) in [6.07, 6.45) is 1.32. The second-order valence-electron chi connectivity index (χ2n) is 6.91. The van der Waals surface area contributed by atoms with Crippen molar-refractivity contribution in [2.75, 3.05) is 20.1 Å². The van der Waals surface area contributed by atoms with E-state index in [1.807, 2.05) is 7.05 Å². The van der Waals surface area contributed by atoms with E-state index >= 15 is 0 Å². The highest BCUT2D eigenvalue weighted by Gasteiger charge is 2.31. The fourth-order valence-electron chi connectivity index (χ4n) is 2.93. The van der Waals surface area contributed by atoms with Gasteiger partial charge in [0.05, 0.1) is 6.54 Å². The monoisotopic (exact) mass is 264 g/mol. The van der Waals surface area contributed by atoms with Gasteiger partial charge in [-0.25, -0.2) is 0 Å². The number of likely N-dealkylation sites (tertiary alicyclic amines) is 1. The van der Waals surface area contributed by atoms with Crippen LogP contribution in [0.1, 0.15) is 44.3 Å². The van der Waals surface area contributed by atoms with Gasteiger partial charge < -0.3 is 9.73 Å². The molecular formula is C16H28N2O. The van der Waals surface area contributed by atoms with E-state index in [9.17, 15) is 0 Å². The zero-order chi connectivity index (χ0) is 14.0. The Kier molecular flexibility index (Phi) is 4.36. The van der Waals surface area contributed by atoms with Crippen molar-refractivity contribution in [1.82, 2.24) is 10.2 Å². The topological polar surface area (TPSA) is 28.4 Å². The van der Waals surface area contributed by atoms with Crippen LogP contribution in [0.5, 0.6) is 0 Å². The van der Waals surface area contributed by atoms with Crippen LogP contribution >= 0.6 is 0 Å². The smallest absolute Gasteiger partial charge is 0.118 e. The van der Waals surface area contributed by atoms with Gasteiger partial charge in [-0.3, -0.25) is 4.90 Å². The van der Waals surface area contributed by atoms with Crippen molar-refractivity contribution >= 4 is 0 Å². The van der Waals surface area contributed by atoms with Crippen LogP contribution in [0.25, 0.3) is 0 Å². The van der Waals surface area contributed by atoms with E-state index in [0.717, 1.165) is 30.5 Å². The molecule has 1 atom stereocenters. The van der Waals surface area contributed by atoms with E-state index in [1.165, 1.54) is 25.1 Å². The molecule has 1 aliphatic rings. The van der Waals surface area contributed by atoms with Gasteiger partial charge in [-0.15, -0.1) is 0 Å². The Hall–Kier alpha value is -0.800. The van der Waals surface area contributed by atoms with Crippen molar-refractivity contribution in [3.63, 3.8) is 0 Å². The third-order valence-electron chi connectivity index (χ3n) is 4.31. The van der Waals surface area contributed by atoms with Crippen LogP contribution in [-0.2, 0) is 13.1 Å². The second-order valence-corrected chi connectivity index (χ2v) is 6.91. The maximum Gasteiger partial charge on any atom is 0.118 e. The third-order valence-corrected chi connectivity index (χ3v) is 4.31. The van der Waals surface area contributed by atoms with Gasteiger partial charge in [-0.05, 0) is 44.3 Å². The maximum atomic E-state index is 5.77. The molecular weight excluding hydrogens is 236 g/mol. The quantitative estimate of drug-likeness (QED) is 0.905. The van der Waals surface area contributed by atoms with E-state index in [1.54, 1.807) is 0 Å². The molecule has 0 radical (unpaired) electrons. The summed E-state index contributed by atoms with van der Waals surface area (Å²) in [4.78, 5) is 2.57. The standard InChI is InChI=1S/C16H28N2O/c1-12-13(8-15(19-12)9-17-5)10-18-7-6-14(11-18)16(2,3)4/h8,14,17H,6-7,9-11H2,1-5H3. The molecule has 19 heavy (non-hydrogen) atoms. The minimum Gasteiger partial charge on any atom is -0.465 e. The molecule has 0 bridgehead atoms. The Morgan fingerprint density at radius 1 is 1.42 bits per heavy atom. The highest BCUT2D eigenvalue weighted by molar-refractivity contribution is 5.21. The van der Waals surface area contributed by atoms with Gasteiger partial charge in [0.2, 0.25) is 0 Å². The molecule has 1 saturated heterocycles. The summed E-state index contributed by atoms with van der Waals surface area (Å²) in [5.74, 6) is 2.93. The Bertz CT molecular complexity index is 417. The lowest BCUT2D eigenvalue weighted by Crippen LogP contribution is -2.25. The molecule has 1 aliphatic heterocycles. The van der Waals surface area contributed by atoms with Crippen LogP contribution in [0.4, 0.5) is 0 Å². The molecule has 0 spiro atoms. The number of aryl methyl sites for hydroxylation is 1. The molecule has 1 aromatic heterocycles. The average Bonchev–Trinajstić information content (AvgIpc) is 2.87. The molecule has 1 unspecified atom stereocenters. The summed E-state index contributed by atoms with van der Waals surface area (Å²) < 4.78 is 5.77. The Morgan fingerprint density at radius 3 is 2.74 bits per heavy atom. The maximum absolute atomic E-state index is 5.77. The molecule has 1 aromatic rings. The summed E-state index contributed by atoms with van der Waals surface area (Å²) in [5, 5.41) is 3.14. The number of hydrogen-bond acceptors (Lipinski definition) is 3. The zero-order valence-electron chi connectivity index (χ0n) is 13.0. The lowest BCUT2D eigenvalue weighted by molar-refractivity contribution is 0.226. The van der Waals surface area contributed by atoms with Crippen molar-refractivity contribution in [3.05, 3.63) is 23.2 Å². The summed E-state index contributed by atoms with van der Waals surface area (Å²) >= 11 is 0. The largest absolute Gasteiger partial charge is 0.465 e. The highest BCUT2D eigenvalue weighted by atomic mass is 16.3. The van der Waals surface area contributed by atoms with Gasteiger partial charge in [-0.2, -0.15) is 0 Å². The van der Waals surface area contributed by atoms with E-state index < -0.39 is 0 Å². The van der Waals surface area contributed by atoms with Crippen LogP contribution in [0.2, 0.25) is 0 Å². The van der Waals surface area contributed by atoms with Gasteiger partial charge in [0.25, 0.3) is 0 Å². The summed E-state index contributed by atoms with van der Waals surface area (Å²) in [7, 11) is 1.95. The fourth-order valence-corrected chi connectivity index (χ4v) is 2.93. The summed E-state index contributed by atoms with van der Waals surface area (Å²) in [5.41, 5.74) is 1.78. The minimum atomic E-state index is 0.428. The number of rotatable bonds is 4. The van der Waals surface area contributed by atoms with Gasteiger partial charge in [0, 0.05) is 18.7 Å². The Morgan fingerprint density at radius 2 is 2.16 bits per heavy atom. The van der Waals surface area contributed by atoms with Gasteiger partial charge >= 0.3 is 0 Å². The number of hydrogen-bond donors (Lipinski definition) is 1. The molecule has 0 aromatic carbocycles. The van der Waals surface area contributed by atoms with Crippen molar-refractivity contribution in [3.8, 4) is 0 Å². The Balaban J connectivity index is 1.95. The second kappa shape index (κ2) is 5.68. The van der Waals surface area contributed by atoms with E-state index in [-0.39, 0.29) is 0 Å². The predicted octanol–water partition coefficient (Wildman–Crippen LogP) is 3.18. The molecule has 1 fully saturated rings. The van der Waals surface area contributed by atoms with Crippen LogP contribution < -0.4 is 5.32 Å². The number of nitrogens with zero attached hydrogens (tertiary/aromatic N) is 1. The first-order valence-corrected chi connectivity index (χ1v) is 7.35. The van der Waals surface area contributed by atoms with Gasteiger partial charge in [-0.1, -0.05) is 20.8 Å². The van der Waals surface area contributed by atoms with E-state index in [2.05, 4.69) is 44.0 Å². The molecule has 3 nitrogen and oxygen atoms in total. The molecule has 0 amide bonds. The first kappa shape index (κ1) is 14.6. The van der Waals surface area contributed by atoms with Crippen LogP contribution in [0, 0.1) is 18.3 Å².